The average Bonchev–Trinajstić information content (AvgIpc) is 2.14. The maximum atomic E-state index is 5.02. The molecule has 1 rings (SSSR count). The fraction of sp³-hybridized carbons (Fsp3) is 0.333. The van der Waals surface area contributed by atoms with Crippen molar-refractivity contribution in [2.45, 2.75) is 6.42 Å². The molecule has 0 unspecified atom stereocenters. The van der Waals surface area contributed by atoms with E-state index in [-0.39, 0.29) is 24.8 Å². The Kier molecular flexibility index (Phi) is 8.30. The van der Waals surface area contributed by atoms with Crippen molar-refractivity contribution in [3.8, 4) is 0 Å². The molecule has 0 radical (unpaired) electrons. The summed E-state index contributed by atoms with van der Waals surface area (Å²) in [5.74, 6) is 1.03. The summed E-state index contributed by atoms with van der Waals surface area (Å²) in [5.41, 5.74) is 0. The van der Waals surface area contributed by atoms with Crippen LogP contribution in [-0.2, 0) is 25.2 Å². The normalized spacial score (nSPS) is 14.3. The number of hydrogen-bond acceptors (Lipinski definition) is 1. The number of allylic oxidation sites excluding steroid dienone is 3. The summed E-state index contributed by atoms with van der Waals surface area (Å²) < 4.78 is 6.34. The van der Waals surface area contributed by atoms with Crippen molar-refractivity contribution >= 4 is 0 Å². The molecule has 0 atom stereocenters. The Morgan fingerprint density at radius 1 is 1.50 bits per heavy atom. The van der Waals surface area contributed by atoms with Crippen molar-refractivity contribution in [2.75, 3.05) is 7.11 Å². The zero-order chi connectivity index (χ0) is 5.98. The smallest absolute Gasteiger partial charge is 1.00 e. The Hall–Kier alpha value is 0.574. The second-order valence-corrected chi connectivity index (χ2v) is 2.60. The van der Waals surface area contributed by atoms with Gasteiger partial charge in [0.15, 0.2) is 0 Å². The van der Waals surface area contributed by atoms with Crippen LogP contribution < -0.4 is 24.8 Å². The Labute approximate surface area is 85.1 Å². The molecular weight excluding hydrogens is 207 g/mol. The van der Waals surface area contributed by atoms with E-state index in [1.807, 2.05) is 6.08 Å². The Bertz CT molecular complexity index is 154. The third-order valence-corrected chi connectivity index (χ3v) is 1.81. The van der Waals surface area contributed by atoms with Crippen LogP contribution >= 0.6 is 0 Å². The van der Waals surface area contributed by atoms with Gasteiger partial charge in [-0.25, -0.2) is 0 Å². The SMILES string of the molecule is COC1=[C]([Ti+2])CC=C1.[Cl-].[Cl-]. The van der Waals surface area contributed by atoms with Crippen molar-refractivity contribution in [1.82, 2.24) is 0 Å². The monoisotopic (exact) mass is 213 g/mol. The molecule has 0 heterocycles. The average molecular weight is 214 g/mol. The topological polar surface area (TPSA) is 9.23 Å². The molecule has 1 nitrogen and oxygen atoms in total. The van der Waals surface area contributed by atoms with E-state index in [9.17, 15) is 0 Å². The van der Waals surface area contributed by atoms with Crippen molar-refractivity contribution in [3.63, 3.8) is 0 Å². The van der Waals surface area contributed by atoms with Gasteiger partial charge in [-0.15, -0.1) is 0 Å². The van der Waals surface area contributed by atoms with Crippen LogP contribution in [0.1, 0.15) is 6.42 Å². The minimum absolute atomic E-state index is 0. The van der Waals surface area contributed by atoms with Crippen LogP contribution in [-0.4, -0.2) is 7.11 Å². The fourth-order valence-electron chi connectivity index (χ4n) is 0.676. The van der Waals surface area contributed by atoms with Gasteiger partial charge in [-0.3, -0.25) is 0 Å². The summed E-state index contributed by atoms with van der Waals surface area (Å²) >= 11 is 2.08. The van der Waals surface area contributed by atoms with Crippen molar-refractivity contribution in [2.24, 2.45) is 0 Å². The molecule has 0 aromatic rings. The number of hydrogen-bond donors (Lipinski definition) is 0. The van der Waals surface area contributed by atoms with E-state index in [4.69, 9.17) is 4.74 Å². The van der Waals surface area contributed by atoms with E-state index in [1.165, 1.54) is 3.88 Å². The van der Waals surface area contributed by atoms with Gasteiger partial charge in [-0.1, -0.05) is 0 Å². The largest absolute Gasteiger partial charge is 1.00 e. The van der Waals surface area contributed by atoms with Crippen LogP contribution in [0.2, 0.25) is 0 Å². The van der Waals surface area contributed by atoms with Crippen LogP contribution in [0.3, 0.4) is 0 Å². The van der Waals surface area contributed by atoms with Crippen molar-refractivity contribution < 1.29 is 50.0 Å². The van der Waals surface area contributed by atoms with Gasteiger partial charge in [0, 0.05) is 0 Å². The molecule has 1 aliphatic carbocycles. The quantitative estimate of drug-likeness (QED) is 0.399. The second-order valence-electron chi connectivity index (χ2n) is 1.65. The van der Waals surface area contributed by atoms with E-state index in [2.05, 4.69) is 26.5 Å². The number of ether oxygens (including phenoxy) is 1. The van der Waals surface area contributed by atoms with Gasteiger partial charge in [-0.05, 0) is 0 Å². The summed E-state index contributed by atoms with van der Waals surface area (Å²) in [6, 6.07) is 0. The first-order valence-electron chi connectivity index (χ1n) is 2.50. The molecule has 0 spiro atoms. The molecule has 0 aromatic heterocycles. The molecule has 0 N–H and O–H groups in total. The van der Waals surface area contributed by atoms with E-state index in [0.29, 0.717) is 0 Å². The first-order valence-corrected chi connectivity index (χ1v) is 3.28. The number of halogens is 2. The maximum Gasteiger partial charge on any atom is -1.00 e. The molecule has 0 amide bonds. The van der Waals surface area contributed by atoms with Crippen LogP contribution in [0.15, 0.2) is 21.8 Å². The van der Waals surface area contributed by atoms with Crippen LogP contribution in [0.5, 0.6) is 0 Å². The molecule has 0 bridgehead atoms. The summed E-state index contributed by atoms with van der Waals surface area (Å²) in [5, 5.41) is 0. The molecule has 0 aliphatic heterocycles. The third-order valence-electron chi connectivity index (χ3n) is 1.11. The summed E-state index contributed by atoms with van der Waals surface area (Å²) in [6.07, 6.45) is 5.17. The van der Waals surface area contributed by atoms with E-state index < -0.39 is 0 Å². The van der Waals surface area contributed by atoms with Gasteiger partial charge >= 0.3 is 60.5 Å². The number of methoxy groups -OCH3 is 1. The van der Waals surface area contributed by atoms with Gasteiger partial charge in [0.25, 0.3) is 0 Å². The third kappa shape index (κ3) is 3.11. The maximum absolute atomic E-state index is 5.02. The minimum Gasteiger partial charge on any atom is -1.00 e. The second kappa shape index (κ2) is 6.30. The van der Waals surface area contributed by atoms with E-state index in [0.717, 1.165) is 12.2 Å². The first-order chi connectivity index (χ1) is 3.84. The Balaban J connectivity index is 0. The van der Waals surface area contributed by atoms with Crippen molar-refractivity contribution in [3.05, 3.63) is 21.8 Å². The van der Waals surface area contributed by atoms with Gasteiger partial charge in [0.05, 0.1) is 0 Å². The molecule has 0 saturated heterocycles. The van der Waals surface area contributed by atoms with Crippen LogP contribution in [0.25, 0.3) is 0 Å². The molecule has 0 aromatic carbocycles. The number of rotatable bonds is 1. The standard InChI is InChI=1S/C6H7O.2ClH.Ti/c1-7-6-4-2-3-5-6;;;/h2,4H,3H2,1H3;2*1H;/q;;;+2/p-2. The molecule has 4 heteroatoms. The summed E-state index contributed by atoms with van der Waals surface area (Å²) in [6.45, 7) is 0. The zero-order valence-electron chi connectivity index (χ0n) is 5.53. The first kappa shape index (κ1) is 13.2. The predicted molar refractivity (Wildman–Crippen MR) is 27.8 cm³/mol. The Morgan fingerprint density at radius 3 is 2.30 bits per heavy atom. The molecule has 55 valence electrons. The van der Waals surface area contributed by atoms with Crippen molar-refractivity contribution in [1.29, 1.82) is 0 Å². The zero-order valence-corrected chi connectivity index (χ0v) is 8.60. The van der Waals surface area contributed by atoms with Gasteiger partial charge in [0.2, 0.25) is 0 Å². The molecular formula is C6H7Cl2OTi. The van der Waals surface area contributed by atoms with E-state index >= 15 is 0 Å². The molecule has 10 heavy (non-hydrogen) atoms. The Morgan fingerprint density at radius 2 is 2.10 bits per heavy atom. The van der Waals surface area contributed by atoms with Gasteiger partial charge in [0.1, 0.15) is 0 Å². The molecule has 0 fully saturated rings. The van der Waals surface area contributed by atoms with Crippen LogP contribution in [0.4, 0.5) is 0 Å². The molecule has 1 aliphatic rings. The van der Waals surface area contributed by atoms with E-state index in [1.54, 1.807) is 7.11 Å². The van der Waals surface area contributed by atoms with Crippen LogP contribution in [0, 0.1) is 0 Å². The molecule has 0 saturated carbocycles. The minimum atomic E-state index is 0. The fourth-order valence-corrected chi connectivity index (χ4v) is 1.15. The van der Waals surface area contributed by atoms with Gasteiger partial charge in [-0.2, -0.15) is 0 Å². The van der Waals surface area contributed by atoms with Gasteiger partial charge < -0.3 is 24.8 Å². The predicted octanol–water partition coefficient (Wildman–Crippen LogP) is -4.64. The summed E-state index contributed by atoms with van der Waals surface area (Å²) in [4.78, 5) is 0. The summed E-state index contributed by atoms with van der Waals surface area (Å²) in [7, 11) is 1.70.